The summed E-state index contributed by atoms with van der Waals surface area (Å²) < 4.78 is 11.2. The fourth-order valence-corrected chi connectivity index (χ4v) is 2.83. The molecule has 1 N–H and O–H groups in total. The maximum atomic E-state index is 12.1. The van der Waals surface area contributed by atoms with E-state index in [1.54, 1.807) is 36.4 Å². The summed E-state index contributed by atoms with van der Waals surface area (Å²) in [5.74, 6) is 0.818. The molecule has 134 valence electrons. The first kappa shape index (κ1) is 17.1. The van der Waals surface area contributed by atoms with E-state index in [-0.39, 0.29) is 12.5 Å². The molecule has 0 aliphatic heterocycles. The number of hydrogen-bond acceptors (Lipinski definition) is 4. The quantitative estimate of drug-likeness (QED) is 0.520. The van der Waals surface area contributed by atoms with E-state index in [2.05, 4.69) is 10.3 Å². The number of nitrogens with zero attached hydrogens (tertiary/aromatic N) is 1. The number of rotatable bonds is 5. The molecule has 0 saturated heterocycles. The molecule has 0 aliphatic carbocycles. The number of para-hydroxylation sites is 1. The standard InChI is InChI=1S/C21H15ClN2O3/c22-17-9-5-4-8-16(17)21-24-18-11-10-14(12-19(18)27-21)23-20(25)13-26-15-6-2-1-3-7-15/h1-12H,13H2,(H,23,25). The van der Waals surface area contributed by atoms with Crippen LogP contribution in [-0.2, 0) is 4.79 Å². The van der Waals surface area contributed by atoms with Gasteiger partial charge in [-0.1, -0.05) is 41.9 Å². The average Bonchev–Trinajstić information content (AvgIpc) is 3.10. The Hall–Kier alpha value is -3.31. The number of anilines is 1. The molecule has 0 radical (unpaired) electrons. The molecule has 0 saturated carbocycles. The van der Waals surface area contributed by atoms with Crippen LogP contribution >= 0.6 is 11.6 Å². The van der Waals surface area contributed by atoms with Crippen molar-refractivity contribution in [3.05, 3.63) is 77.8 Å². The topological polar surface area (TPSA) is 64.4 Å². The second-order valence-electron chi connectivity index (χ2n) is 5.83. The molecule has 0 aliphatic rings. The molecule has 27 heavy (non-hydrogen) atoms. The zero-order valence-corrected chi connectivity index (χ0v) is 14.9. The van der Waals surface area contributed by atoms with Crippen LogP contribution < -0.4 is 10.1 Å². The van der Waals surface area contributed by atoms with Crippen LogP contribution in [0.4, 0.5) is 5.69 Å². The zero-order valence-electron chi connectivity index (χ0n) is 14.2. The first-order valence-corrected chi connectivity index (χ1v) is 8.70. The van der Waals surface area contributed by atoms with Crippen molar-refractivity contribution >= 4 is 34.3 Å². The number of amides is 1. The maximum absolute atomic E-state index is 12.1. The Morgan fingerprint density at radius 1 is 1.04 bits per heavy atom. The summed E-state index contributed by atoms with van der Waals surface area (Å²) in [6, 6.07) is 21.8. The van der Waals surface area contributed by atoms with Gasteiger partial charge in [0.15, 0.2) is 12.2 Å². The van der Waals surface area contributed by atoms with Crippen LogP contribution in [0.3, 0.4) is 0 Å². The van der Waals surface area contributed by atoms with E-state index in [9.17, 15) is 4.79 Å². The summed E-state index contributed by atoms with van der Waals surface area (Å²) in [7, 11) is 0. The van der Waals surface area contributed by atoms with Crippen molar-refractivity contribution in [3.63, 3.8) is 0 Å². The average molecular weight is 379 g/mol. The largest absolute Gasteiger partial charge is 0.484 e. The summed E-state index contributed by atoms with van der Waals surface area (Å²) in [6.07, 6.45) is 0. The minimum absolute atomic E-state index is 0.0800. The Bertz CT molecular complexity index is 1090. The highest BCUT2D eigenvalue weighted by Gasteiger charge is 2.12. The lowest BCUT2D eigenvalue weighted by Crippen LogP contribution is -2.20. The van der Waals surface area contributed by atoms with Crippen LogP contribution in [0.15, 0.2) is 77.2 Å². The summed E-state index contributed by atoms with van der Waals surface area (Å²) in [5.41, 5.74) is 2.57. The number of halogens is 1. The van der Waals surface area contributed by atoms with Crippen molar-refractivity contribution < 1.29 is 13.9 Å². The Balaban J connectivity index is 1.48. The lowest BCUT2D eigenvalue weighted by atomic mass is 10.2. The van der Waals surface area contributed by atoms with Gasteiger partial charge in [0.2, 0.25) is 5.89 Å². The van der Waals surface area contributed by atoms with Crippen molar-refractivity contribution in [2.45, 2.75) is 0 Å². The molecule has 0 unspecified atom stereocenters. The van der Waals surface area contributed by atoms with Gasteiger partial charge in [0.05, 0.1) is 10.6 Å². The molecule has 4 aromatic rings. The minimum Gasteiger partial charge on any atom is -0.484 e. The van der Waals surface area contributed by atoms with Gasteiger partial charge in [-0.3, -0.25) is 4.79 Å². The van der Waals surface area contributed by atoms with Gasteiger partial charge in [0.1, 0.15) is 11.3 Å². The maximum Gasteiger partial charge on any atom is 0.262 e. The molecule has 4 rings (SSSR count). The van der Waals surface area contributed by atoms with Gasteiger partial charge in [0, 0.05) is 11.8 Å². The summed E-state index contributed by atoms with van der Waals surface area (Å²) in [6.45, 7) is -0.0800. The number of nitrogens with one attached hydrogen (secondary N) is 1. The molecule has 1 amide bonds. The Morgan fingerprint density at radius 2 is 1.81 bits per heavy atom. The molecule has 0 spiro atoms. The first-order chi connectivity index (χ1) is 13.2. The molecule has 0 atom stereocenters. The molecule has 0 bridgehead atoms. The second kappa shape index (κ2) is 7.51. The van der Waals surface area contributed by atoms with Gasteiger partial charge >= 0.3 is 0 Å². The number of carbonyl (C=O) groups excluding carboxylic acids is 1. The summed E-state index contributed by atoms with van der Waals surface area (Å²) >= 11 is 6.20. The highest BCUT2D eigenvalue weighted by Crippen LogP contribution is 2.30. The third-order valence-electron chi connectivity index (χ3n) is 3.89. The van der Waals surface area contributed by atoms with Crippen LogP contribution in [0.2, 0.25) is 5.02 Å². The lowest BCUT2D eigenvalue weighted by Gasteiger charge is -2.07. The number of ether oxygens (including phenoxy) is 1. The van der Waals surface area contributed by atoms with E-state index < -0.39 is 0 Å². The van der Waals surface area contributed by atoms with Crippen LogP contribution in [0.5, 0.6) is 5.75 Å². The first-order valence-electron chi connectivity index (χ1n) is 8.32. The van der Waals surface area contributed by atoms with E-state index in [1.165, 1.54) is 0 Å². The monoisotopic (exact) mass is 378 g/mol. The molecule has 1 heterocycles. The van der Waals surface area contributed by atoms with E-state index in [1.807, 2.05) is 36.4 Å². The van der Waals surface area contributed by atoms with Gasteiger partial charge in [-0.05, 0) is 36.4 Å². The van der Waals surface area contributed by atoms with Crippen LogP contribution in [0.1, 0.15) is 0 Å². The third kappa shape index (κ3) is 3.93. The van der Waals surface area contributed by atoms with Gasteiger partial charge < -0.3 is 14.5 Å². The highest BCUT2D eigenvalue weighted by molar-refractivity contribution is 6.33. The summed E-state index contributed by atoms with van der Waals surface area (Å²) in [5, 5.41) is 3.35. The van der Waals surface area contributed by atoms with Crippen LogP contribution in [0.25, 0.3) is 22.6 Å². The van der Waals surface area contributed by atoms with Gasteiger partial charge in [-0.25, -0.2) is 4.98 Å². The Kier molecular flexibility index (Phi) is 4.77. The molecule has 3 aromatic carbocycles. The highest BCUT2D eigenvalue weighted by atomic mass is 35.5. The molecule has 0 fully saturated rings. The second-order valence-corrected chi connectivity index (χ2v) is 6.24. The molecular weight excluding hydrogens is 364 g/mol. The fraction of sp³-hybridized carbons (Fsp3) is 0.0476. The zero-order chi connectivity index (χ0) is 18.6. The van der Waals surface area contributed by atoms with E-state index in [0.717, 1.165) is 5.56 Å². The van der Waals surface area contributed by atoms with Crippen molar-refractivity contribution in [1.29, 1.82) is 0 Å². The van der Waals surface area contributed by atoms with Crippen molar-refractivity contribution in [3.8, 4) is 17.2 Å². The number of benzene rings is 3. The fourth-order valence-electron chi connectivity index (χ4n) is 2.61. The Labute approximate surface area is 160 Å². The predicted molar refractivity (Wildman–Crippen MR) is 105 cm³/mol. The lowest BCUT2D eigenvalue weighted by molar-refractivity contribution is -0.118. The molecular formula is C21H15ClN2O3. The summed E-state index contributed by atoms with van der Waals surface area (Å²) in [4.78, 5) is 16.5. The molecule has 5 nitrogen and oxygen atoms in total. The van der Waals surface area contributed by atoms with Crippen LogP contribution in [0, 0.1) is 0 Å². The molecule has 6 heteroatoms. The van der Waals surface area contributed by atoms with Gasteiger partial charge in [-0.2, -0.15) is 0 Å². The van der Waals surface area contributed by atoms with Crippen molar-refractivity contribution in [2.75, 3.05) is 11.9 Å². The van der Waals surface area contributed by atoms with E-state index in [4.69, 9.17) is 20.8 Å². The SMILES string of the molecule is O=C(COc1ccccc1)Nc1ccc2nc(-c3ccccc3Cl)oc2c1. The number of aromatic nitrogens is 1. The number of oxazole rings is 1. The van der Waals surface area contributed by atoms with E-state index in [0.29, 0.717) is 33.4 Å². The normalized spacial score (nSPS) is 10.7. The third-order valence-corrected chi connectivity index (χ3v) is 4.22. The van der Waals surface area contributed by atoms with Crippen molar-refractivity contribution in [1.82, 2.24) is 4.98 Å². The van der Waals surface area contributed by atoms with Gasteiger partial charge in [-0.15, -0.1) is 0 Å². The number of fused-ring (bicyclic) bond motifs is 1. The molecule has 1 aromatic heterocycles. The smallest absolute Gasteiger partial charge is 0.262 e. The number of hydrogen-bond donors (Lipinski definition) is 1. The Morgan fingerprint density at radius 3 is 2.63 bits per heavy atom. The minimum atomic E-state index is -0.260. The number of carbonyl (C=O) groups is 1. The van der Waals surface area contributed by atoms with Crippen LogP contribution in [-0.4, -0.2) is 17.5 Å². The van der Waals surface area contributed by atoms with Crippen molar-refractivity contribution in [2.24, 2.45) is 0 Å². The van der Waals surface area contributed by atoms with Gasteiger partial charge in [0.25, 0.3) is 5.91 Å². The van der Waals surface area contributed by atoms with E-state index >= 15 is 0 Å². The predicted octanol–water partition coefficient (Wildman–Crippen LogP) is 5.17.